The molecule has 0 saturated heterocycles. The Labute approximate surface area is 120 Å². The lowest BCUT2D eigenvalue weighted by molar-refractivity contribution is -0.139. The molecule has 1 aromatic carbocycles. The molecule has 0 spiro atoms. The molecule has 0 aliphatic carbocycles. The number of aliphatic carboxylic acids is 1. The monoisotopic (exact) mass is 290 g/mol. The summed E-state index contributed by atoms with van der Waals surface area (Å²) in [5, 5.41) is 18.6. The summed E-state index contributed by atoms with van der Waals surface area (Å²) in [7, 11) is 0. The molecule has 110 valence electrons. The van der Waals surface area contributed by atoms with Crippen LogP contribution in [0.25, 0.3) is 0 Å². The van der Waals surface area contributed by atoms with Crippen LogP contribution in [0.3, 0.4) is 0 Å². The van der Waals surface area contributed by atoms with E-state index in [1.807, 2.05) is 18.2 Å². The van der Waals surface area contributed by atoms with Crippen molar-refractivity contribution in [3.05, 3.63) is 48.3 Å². The standard InChI is InChI=1S/C13H14N4O4/c18-12(19)11(8-17-7-6-14-16-17)15-13(20)21-9-10-4-2-1-3-5-10/h1-7,11H,8-9H2,(H,15,20)(H,18,19)/t11-/m0/s1. The molecule has 0 fully saturated rings. The fraction of sp³-hybridized carbons (Fsp3) is 0.231. The maximum atomic E-state index is 11.6. The fourth-order valence-corrected chi connectivity index (χ4v) is 1.61. The highest BCUT2D eigenvalue weighted by Crippen LogP contribution is 2.01. The second-order valence-corrected chi connectivity index (χ2v) is 4.22. The van der Waals surface area contributed by atoms with Crippen LogP contribution in [-0.4, -0.2) is 38.2 Å². The number of amides is 1. The molecular formula is C13H14N4O4. The van der Waals surface area contributed by atoms with E-state index in [4.69, 9.17) is 9.84 Å². The predicted octanol–water partition coefficient (Wildman–Crippen LogP) is 0.658. The number of carbonyl (C=O) groups excluding carboxylic acids is 1. The summed E-state index contributed by atoms with van der Waals surface area (Å²) in [6.45, 7) is 0.0398. The first-order valence-electron chi connectivity index (χ1n) is 6.19. The van der Waals surface area contributed by atoms with Crippen molar-refractivity contribution in [2.75, 3.05) is 0 Å². The molecule has 2 N–H and O–H groups in total. The number of carboxylic acids is 1. The first-order valence-corrected chi connectivity index (χ1v) is 6.19. The minimum absolute atomic E-state index is 0.0320. The first-order chi connectivity index (χ1) is 10.1. The van der Waals surface area contributed by atoms with Gasteiger partial charge in [-0.05, 0) is 5.56 Å². The van der Waals surface area contributed by atoms with E-state index >= 15 is 0 Å². The van der Waals surface area contributed by atoms with Gasteiger partial charge in [-0.2, -0.15) is 0 Å². The Kier molecular flexibility index (Phi) is 4.86. The summed E-state index contributed by atoms with van der Waals surface area (Å²) in [6.07, 6.45) is 2.13. The van der Waals surface area contributed by atoms with E-state index in [0.29, 0.717) is 0 Å². The van der Waals surface area contributed by atoms with Crippen LogP contribution in [0.15, 0.2) is 42.7 Å². The number of ether oxygens (including phenoxy) is 1. The van der Waals surface area contributed by atoms with Crippen LogP contribution in [0.4, 0.5) is 4.79 Å². The van der Waals surface area contributed by atoms with E-state index in [-0.39, 0.29) is 13.2 Å². The number of benzene rings is 1. The second kappa shape index (κ2) is 7.04. The first kappa shape index (κ1) is 14.5. The Hall–Kier alpha value is -2.90. The summed E-state index contributed by atoms with van der Waals surface area (Å²) in [5.74, 6) is -1.18. The number of nitrogens with zero attached hydrogens (tertiary/aromatic N) is 3. The number of alkyl carbamates (subject to hydrolysis) is 1. The molecule has 0 aliphatic heterocycles. The highest BCUT2D eigenvalue weighted by Gasteiger charge is 2.21. The third-order valence-electron chi connectivity index (χ3n) is 2.64. The molecule has 1 aromatic heterocycles. The van der Waals surface area contributed by atoms with Crippen LogP contribution in [0, 0.1) is 0 Å². The zero-order chi connectivity index (χ0) is 15.1. The third kappa shape index (κ3) is 4.60. The molecule has 21 heavy (non-hydrogen) atoms. The van der Waals surface area contributed by atoms with Gasteiger partial charge in [0, 0.05) is 6.20 Å². The van der Waals surface area contributed by atoms with Gasteiger partial charge in [0.2, 0.25) is 0 Å². The number of carboxylic acid groups (broad SMARTS) is 1. The minimum Gasteiger partial charge on any atom is -0.480 e. The van der Waals surface area contributed by atoms with Crippen LogP contribution in [-0.2, 0) is 22.7 Å². The minimum atomic E-state index is -1.18. The molecule has 8 nitrogen and oxygen atoms in total. The van der Waals surface area contributed by atoms with Crippen LogP contribution in [0.1, 0.15) is 5.56 Å². The molecule has 1 amide bonds. The van der Waals surface area contributed by atoms with Crippen molar-refractivity contribution in [1.29, 1.82) is 0 Å². The Morgan fingerprint density at radius 3 is 2.71 bits per heavy atom. The summed E-state index contributed by atoms with van der Waals surface area (Å²) in [4.78, 5) is 22.7. The highest BCUT2D eigenvalue weighted by atomic mass is 16.5. The summed E-state index contributed by atoms with van der Waals surface area (Å²) in [6, 6.07) is 7.95. The van der Waals surface area contributed by atoms with Gasteiger partial charge in [-0.1, -0.05) is 35.5 Å². The quantitative estimate of drug-likeness (QED) is 0.809. The average Bonchev–Trinajstić information content (AvgIpc) is 2.98. The SMILES string of the molecule is O=C(N[C@@H](Cn1ccnn1)C(=O)O)OCc1ccccc1. The van der Waals surface area contributed by atoms with Crippen LogP contribution in [0.5, 0.6) is 0 Å². The van der Waals surface area contributed by atoms with E-state index in [1.165, 1.54) is 17.1 Å². The maximum absolute atomic E-state index is 11.6. The molecule has 1 heterocycles. The van der Waals surface area contributed by atoms with Gasteiger partial charge in [0.15, 0.2) is 0 Å². The molecule has 0 aliphatic rings. The van der Waals surface area contributed by atoms with Gasteiger partial charge in [0.05, 0.1) is 12.7 Å². The number of hydrogen-bond acceptors (Lipinski definition) is 5. The van der Waals surface area contributed by atoms with Crippen LogP contribution >= 0.6 is 0 Å². The summed E-state index contributed by atoms with van der Waals surface area (Å²) < 4.78 is 6.28. The van der Waals surface area contributed by atoms with Gasteiger partial charge >= 0.3 is 12.1 Å². The van der Waals surface area contributed by atoms with Gasteiger partial charge in [0.25, 0.3) is 0 Å². The Morgan fingerprint density at radius 1 is 1.33 bits per heavy atom. The molecule has 2 aromatic rings. The van der Waals surface area contributed by atoms with Crippen molar-refractivity contribution in [2.24, 2.45) is 0 Å². The molecule has 0 bridgehead atoms. The van der Waals surface area contributed by atoms with Crippen LogP contribution < -0.4 is 5.32 Å². The van der Waals surface area contributed by atoms with Gasteiger partial charge in [-0.3, -0.25) is 0 Å². The van der Waals surface area contributed by atoms with Gasteiger partial charge in [-0.15, -0.1) is 5.10 Å². The Bertz CT molecular complexity index is 585. The Morgan fingerprint density at radius 2 is 2.10 bits per heavy atom. The van der Waals surface area contributed by atoms with E-state index in [2.05, 4.69) is 15.6 Å². The van der Waals surface area contributed by atoms with Crippen molar-refractivity contribution >= 4 is 12.1 Å². The molecular weight excluding hydrogens is 276 g/mol. The molecule has 0 radical (unpaired) electrons. The number of aromatic nitrogens is 3. The maximum Gasteiger partial charge on any atom is 0.408 e. The smallest absolute Gasteiger partial charge is 0.408 e. The lowest BCUT2D eigenvalue weighted by Crippen LogP contribution is -2.44. The summed E-state index contributed by atoms with van der Waals surface area (Å²) in [5.41, 5.74) is 0.816. The number of rotatable bonds is 6. The average molecular weight is 290 g/mol. The molecule has 0 saturated carbocycles. The van der Waals surface area contributed by atoms with Crippen molar-refractivity contribution in [1.82, 2.24) is 20.3 Å². The van der Waals surface area contributed by atoms with Crippen molar-refractivity contribution < 1.29 is 19.4 Å². The van der Waals surface area contributed by atoms with Gasteiger partial charge < -0.3 is 15.2 Å². The highest BCUT2D eigenvalue weighted by molar-refractivity contribution is 5.79. The lowest BCUT2D eigenvalue weighted by atomic mass is 10.2. The zero-order valence-corrected chi connectivity index (χ0v) is 11.0. The van der Waals surface area contributed by atoms with E-state index < -0.39 is 18.1 Å². The van der Waals surface area contributed by atoms with Gasteiger partial charge in [0.1, 0.15) is 12.6 Å². The van der Waals surface area contributed by atoms with Crippen molar-refractivity contribution in [2.45, 2.75) is 19.2 Å². The zero-order valence-electron chi connectivity index (χ0n) is 11.0. The van der Waals surface area contributed by atoms with Crippen molar-refractivity contribution in [3.63, 3.8) is 0 Å². The van der Waals surface area contributed by atoms with Crippen LogP contribution in [0.2, 0.25) is 0 Å². The van der Waals surface area contributed by atoms with Gasteiger partial charge in [-0.25, -0.2) is 14.3 Å². The van der Waals surface area contributed by atoms with E-state index in [1.54, 1.807) is 12.1 Å². The molecule has 1 atom stereocenters. The predicted molar refractivity (Wildman–Crippen MR) is 71.2 cm³/mol. The number of nitrogens with one attached hydrogen (secondary N) is 1. The summed E-state index contributed by atoms with van der Waals surface area (Å²) >= 11 is 0. The lowest BCUT2D eigenvalue weighted by Gasteiger charge is -2.14. The van der Waals surface area contributed by atoms with E-state index in [0.717, 1.165) is 5.56 Å². The van der Waals surface area contributed by atoms with E-state index in [9.17, 15) is 9.59 Å². The number of carbonyl (C=O) groups is 2. The second-order valence-electron chi connectivity index (χ2n) is 4.22. The third-order valence-corrected chi connectivity index (χ3v) is 2.64. The fourth-order valence-electron chi connectivity index (χ4n) is 1.61. The van der Waals surface area contributed by atoms with Crippen molar-refractivity contribution in [3.8, 4) is 0 Å². The Balaban J connectivity index is 1.85. The topological polar surface area (TPSA) is 106 Å². The largest absolute Gasteiger partial charge is 0.480 e. The molecule has 2 rings (SSSR count). The normalized spacial score (nSPS) is 11.6. The number of hydrogen-bond donors (Lipinski definition) is 2. The molecule has 8 heteroatoms. The molecule has 0 unspecified atom stereocenters.